The number of fused-ring (bicyclic) bond motifs is 1. The summed E-state index contributed by atoms with van der Waals surface area (Å²) in [5.74, 6) is 7.12. The number of likely N-dealkylation sites (N-methyl/N-ethyl adjacent to an activating group) is 1. The van der Waals surface area contributed by atoms with Gasteiger partial charge in [0.25, 0.3) is 0 Å². The van der Waals surface area contributed by atoms with Crippen molar-refractivity contribution in [3.8, 4) is 11.8 Å². The second-order valence-corrected chi connectivity index (χ2v) is 8.48. The van der Waals surface area contributed by atoms with Gasteiger partial charge in [0.05, 0.1) is 18.8 Å². The molecule has 5 nitrogen and oxygen atoms in total. The quantitative estimate of drug-likeness (QED) is 0.338. The van der Waals surface area contributed by atoms with Crippen molar-refractivity contribution in [2.45, 2.75) is 51.7 Å². The number of rotatable bonds is 8. The molecule has 5 heteroatoms. The first-order valence-corrected chi connectivity index (χ1v) is 10.4. The van der Waals surface area contributed by atoms with Gasteiger partial charge >= 0.3 is 0 Å². The summed E-state index contributed by atoms with van der Waals surface area (Å²) in [6, 6.07) is 0. The van der Waals surface area contributed by atoms with Crippen molar-refractivity contribution >= 4 is 5.91 Å². The number of nitrogens with zero attached hydrogens (tertiary/aromatic N) is 1. The van der Waals surface area contributed by atoms with Crippen LogP contribution in [0.3, 0.4) is 0 Å². The van der Waals surface area contributed by atoms with Crippen LogP contribution < -0.4 is 5.32 Å². The first-order valence-electron chi connectivity index (χ1n) is 10.4. The Labute approximate surface area is 169 Å². The van der Waals surface area contributed by atoms with Crippen LogP contribution in [-0.4, -0.2) is 60.4 Å². The monoisotopic (exact) mass is 388 g/mol. The van der Waals surface area contributed by atoms with Crippen LogP contribution in [0.4, 0.5) is 0 Å². The topological polar surface area (TPSA) is 72.8 Å². The Hall–Kier alpha value is -1.61. The number of allylic oxidation sites excluding steroid dienone is 1. The molecule has 0 saturated heterocycles. The van der Waals surface area contributed by atoms with Gasteiger partial charge in [-0.15, -0.1) is 11.8 Å². The Kier molecular flexibility index (Phi) is 8.75. The smallest absolute Gasteiger partial charge is 0.236 e. The third-order valence-electron chi connectivity index (χ3n) is 6.14. The van der Waals surface area contributed by atoms with Gasteiger partial charge < -0.3 is 20.4 Å². The summed E-state index contributed by atoms with van der Waals surface area (Å²) in [7, 11) is 3.52. The van der Waals surface area contributed by atoms with Gasteiger partial charge in [0.1, 0.15) is 0 Å². The maximum Gasteiger partial charge on any atom is 0.236 e. The van der Waals surface area contributed by atoms with E-state index in [4.69, 9.17) is 0 Å². The van der Waals surface area contributed by atoms with Crippen molar-refractivity contribution in [2.24, 2.45) is 23.7 Å². The highest BCUT2D eigenvalue weighted by Crippen LogP contribution is 2.50. The Morgan fingerprint density at radius 3 is 2.82 bits per heavy atom. The molecule has 0 heterocycles. The van der Waals surface area contributed by atoms with Gasteiger partial charge in [-0.2, -0.15) is 0 Å². The second kappa shape index (κ2) is 10.8. The van der Waals surface area contributed by atoms with Crippen LogP contribution >= 0.6 is 0 Å². The standard InChI is InChI=1S/C23H36N2O3/c1-5-6-7-16(2)21(26)9-8-19-20-13-17(12-18(20)14-22(19)27)10-11-24-15-23(28)25(3)4/h8-10,16,18-22,24,26-27H,7,11-15H2,1-4H3/b9-8+,17-10+/t16-,18+,19-,20+,21-,22-/m1/s1. The molecule has 0 unspecified atom stereocenters. The maximum atomic E-state index is 11.6. The fourth-order valence-corrected chi connectivity index (χ4v) is 4.31. The van der Waals surface area contributed by atoms with Gasteiger partial charge in [0.2, 0.25) is 5.91 Å². The van der Waals surface area contributed by atoms with Crippen molar-refractivity contribution < 1.29 is 15.0 Å². The summed E-state index contributed by atoms with van der Waals surface area (Å²) in [5, 5.41) is 24.0. The minimum absolute atomic E-state index is 0.0766. The molecule has 0 aliphatic heterocycles. The highest BCUT2D eigenvalue weighted by molar-refractivity contribution is 5.77. The lowest BCUT2D eigenvalue weighted by Crippen LogP contribution is -2.33. The van der Waals surface area contributed by atoms with Crippen molar-refractivity contribution in [2.75, 3.05) is 27.2 Å². The molecule has 0 radical (unpaired) electrons. The lowest BCUT2D eigenvalue weighted by Gasteiger charge is -2.19. The predicted molar refractivity (Wildman–Crippen MR) is 112 cm³/mol. The summed E-state index contributed by atoms with van der Waals surface area (Å²) in [4.78, 5) is 13.2. The Morgan fingerprint density at radius 2 is 2.14 bits per heavy atom. The average Bonchev–Trinajstić information content (AvgIpc) is 3.17. The molecule has 2 rings (SSSR count). The summed E-state index contributed by atoms with van der Waals surface area (Å²) >= 11 is 0. The molecule has 2 saturated carbocycles. The van der Waals surface area contributed by atoms with Crippen LogP contribution in [-0.2, 0) is 4.79 Å². The van der Waals surface area contributed by atoms with E-state index in [0.29, 0.717) is 31.3 Å². The molecule has 28 heavy (non-hydrogen) atoms. The lowest BCUT2D eigenvalue weighted by molar-refractivity contribution is -0.127. The van der Waals surface area contributed by atoms with E-state index in [1.807, 2.05) is 26.0 Å². The average molecular weight is 389 g/mol. The van der Waals surface area contributed by atoms with Gasteiger partial charge in [-0.25, -0.2) is 0 Å². The molecule has 156 valence electrons. The molecule has 2 aliphatic rings. The van der Waals surface area contributed by atoms with Gasteiger partial charge in [0.15, 0.2) is 0 Å². The highest BCUT2D eigenvalue weighted by atomic mass is 16.3. The van der Waals surface area contributed by atoms with Crippen molar-refractivity contribution in [1.29, 1.82) is 0 Å². The van der Waals surface area contributed by atoms with Crippen LogP contribution in [0.15, 0.2) is 23.8 Å². The van der Waals surface area contributed by atoms with E-state index in [1.54, 1.807) is 19.0 Å². The Bertz CT molecular complexity index is 644. The third-order valence-corrected chi connectivity index (χ3v) is 6.14. The van der Waals surface area contributed by atoms with Crippen molar-refractivity contribution in [3.05, 3.63) is 23.8 Å². The molecular formula is C23H36N2O3. The number of carbonyl (C=O) groups excluding carboxylic acids is 1. The first-order chi connectivity index (χ1) is 13.3. The molecule has 0 aromatic carbocycles. The Balaban J connectivity index is 1.86. The van der Waals surface area contributed by atoms with E-state index in [9.17, 15) is 15.0 Å². The zero-order valence-electron chi connectivity index (χ0n) is 17.7. The van der Waals surface area contributed by atoms with Crippen LogP contribution in [0.2, 0.25) is 0 Å². The molecule has 0 aromatic heterocycles. The normalized spacial score (nSPS) is 30.1. The number of hydrogen-bond donors (Lipinski definition) is 3. The fraction of sp³-hybridized carbons (Fsp3) is 0.696. The van der Waals surface area contributed by atoms with Crippen LogP contribution in [0.1, 0.15) is 39.5 Å². The molecule has 2 fully saturated rings. The van der Waals surface area contributed by atoms with E-state index in [0.717, 1.165) is 19.3 Å². The van der Waals surface area contributed by atoms with Gasteiger partial charge in [-0.05, 0) is 43.9 Å². The van der Waals surface area contributed by atoms with Crippen LogP contribution in [0.25, 0.3) is 0 Å². The number of aliphatic hydroxyl groups is 2. The van der Waals surface area contributed by atoms with Crippen molar-refractivity contribution in [1.82, 2.24) is 10.2 Å². The molecule has 1 amide bonds. The minimum Gasteiger partial charge on any atom is -0.392 e. The fourth-order valence-electron chi connectivity index (χ4n) is 4.31. The number of amides is 1. The summed E-state index contributed by atoms with van der Waals surface area (Å²) in [5.41, 5.74) is 1.41. The van der Waals surface area contributed by atoms with E-state index in [1.165, 1.54) is 5.57 Å². The van der Waals surface area contributed by atoms with Gasteiger partial charge in [-0.3, -0.25) is 4.79 Å². The molecule has 0 bridgehead atoms. The number of nitrogens with one attached hydrogen (secondary N) is 1. The molecule has 0 aromatic rings. The summed E-state index contributed by atoms with van der Waals surface area (Å²) in [6.45, 7) is 4.86. The molecule has 2 aliphatic carbocycles. The highest BCUT2D eigenvalue weighted by Gasteiger charge is 2.44. The molecule has 6 atom stereocenters. The molecule has 3 N–H and O–H groups in total. The largest absolute Gasteiger partial charge is 0.392 e. The zero-order valence-corrected chi connectivity index (χ0v) is 17.7. The summed E-state index contributed by atoms with van der Waals surface area (Å²) < 4.78 is 0. The van der Waals surface area contributed by atoms with E-state index < -0.39 is 6.10 Å². The minimum atomic E-state index is -0.526. The van der Waals surface area contributed by atoms with Gasteiger partial charge in [-0.1, -0.05) is 30.7 Å². The SMILES string of the molecule is CC#CC[C@@H](C)[C@H](O)/C=C/[C@@H]1[C@H]2C/C(=C/CNCC(=O)N(C)C)C[C@H]2C[C@H]1O. The zero-order chi connectivity index (χ0) is 20.7. The lowest BCUT2D eigenvalue weighted by atomic mass is 9.89. The number of hydrogen-bond acceptors (Lipinski definition) is 4. The maximum absolute atomic E-state index is 11.6. The predicted octanol–water partition coefficient (Wildman–Crippen LogP) is 1.96. The third kappa shape index (κ3) is 6.20. The Morgan fingerprint density at radius 1 is 1.39 bits per heavy atom. The van der Waals surface area contributed by atoms with E-state index in [2.05, 4.69) is 23.2 Å². The van der Waals surface area contributed by atoms with Crippen LogP contribution in [0.5, 0.6) is 0 Å². The molecular weight excluding hydrogens is 352 g/mol. The van der Waals surface area contributed by atoms with Crippen molar-refractivity contribution in [3.63, 3.8) is 0 Å². The second-order valence-electron chi connectivity index (χ2n) is 8.48. The number of carbonyl (C=O) groups is 1. The molecule has 0 spiro atoms. The van der Waals surface area contributed by atoms with Crippen LogP contribution in [0, 0.1) is 35.5 Å². The number of aliphatic hydroxyl groups excluding tert-OH is 2. The van der Waals surface area contributed by atoms with E-state index >= 15 is 0 Å². The van der Waals surface area contributed by atoms with E-state index in [-0.39, 0.29) is 23.8 Å². The first kappa shape index (κ1) is 22.7. The van der Waals surface area contributed by atoms with Gasteiger partial charge in [0, 0.05) is 33.0 Å². The summed E-state index contributed by atoms with van der Waals surface area (Å²) in [6.07, 6.45) is 8.78.